The number of methoxy groups -OCH3 is 1. The lowest BCUT2D eigenvalue weighted by atomic mass is 9.92. The van der Waals surface area contributed by atoms with E-state index in [4.69, 9.17) is 4.74 Å². The number of pyridine rings is 1. The molecular weight excluding hydrogens is 665 g/mol. The number of aromatic nitrogens is 1. The van der Waals surface area contributed by atoms with Crippen molar-refractivity contribution in [2.24, 2.45) is 11.8 Å². The van der Waals surface area contributed by atoms with E-state index in [1.807, 2.05) is 62.4 Å². The second kappa shape index (κ2) is 17.1. The Morgan fingerprint density at radius 1 is 0.918 bits per heavy atom. The van der Waals surface area contributed by atoms with Crippen LogP contribution in [0.3, 0.4) is 0 Å². The van der Waals surface area contributed by atoms with E-state index in [2.05, 4.69) is 10.7 Å². The molecule has 0 aliphatic heterocycles. The van der Waals surface area contributed by atoms with Crippen LogP contribution >= 0.6 is 20.2 Å². The lowest BCUT2D eigenvalue weighted by molar-refractivity contribution is -0.653. The van der Waals surface area contributed by atoms with Crippen molar-refractivity contribution in [3.8, 4) is 0 Å². The number of aliphatic hydroxyl groups is 1. The van der Waals surface area contributed by atoms with E-state index < -0.39 is 49.5 Å². The quantitative estimate of drug-likeness (QED) is 0.0546. The summed E-state index contributed by atoms with van der Waals surface area (Å²) in [7, 11) is -0.0596. The molecule has 256 valence electrons. The first-order chi connectivity index (χ1) is 23.4. The highest BCUT2D eigenvalue weighted by Gasteiger charge is 2.50. The van der Waals surface area contributed by atoms with Crippen molar-refractivity contribution in [3.63, 3.8) is 0 Å². The number of amides is 2. The summed E-state index contributed by atoms with van der Waals surface area (Å²) in [6, 6.07) is 25.0. The molecule has 0 saturated carbocycles. The van der Waals surface area contributed by atoms with Crippen molar-refractivity contribution < 1.29 is 43.4 Å². The van der Waals surface area contributed by atoms with Gasteiger partial charge < -0.3 is 20.3 Å². The van der Waals surface area contributed by atoms with Gasteiger partial charge in [-0.05, 0) is 78.9 Å². The van der Waals surface area contributed by atoms with Gasteiger partial charge in [0.2, 0.25) is 11.4 Å². The fourth-order valence-corrected chi connectivity index (χ4v) is 7.23. The van der Waals surface area contributed by atoms with Crippen LogP contribution in [0.5, 0.6) is 0 Å². The Labute approximate surface area is 290 Å². The van der Waals surface area contributed by atoms with Crippen LogP contribution in [0.1, 0.15) is 53.0 Å². The SMILES string of the molecule is COC(=O)c1ccc(C(=O)N[n+]2c(SCC(O)([PH+]=O)C(CCc3ccccc3)C(=O)N[C@@H](CC(C)C)C(=O)O)ccc3ccccc32)cc1. The number of carbonyl (C=O) groups excluding carboxylic acids is 3. The lowest BCUT2D eigenvalue weighted by Gasteiger charge is -2.26. The van der Waals surface area contributed by atoms with Crippen LogP contribution in [0.4, 0.5) is 0 Å². The summed E-state index contributed by atoms with van der Waals surface area (Å²) >= 11 is 1.09. The number of aryl methyl sites for hydroxylation is 1. The van der Waals surface area contributed by atoms with E-state index in [0.29, 0.717) is 17.0 Å². The molecule has 0 fully saturated rings. The highest BCUT2D eigenvalue weighted by atomic mass is 32.2. The predicted molar refractivity (Wildman–Crippen MR) is 188 cm³/mol. The highest BCUT2D eigenvalue weighted by molar-refractivity contribution is 7.99. The monoisotopic (exact) mass is 705 g/mol. The number of carboxylic acids is 1. The third-order valence-corrected chi connectivity index (χ3v) is 10.3. The second-order valence-electron chi connectivity index (χ2n) is 12.0. The normalized spacial score (nSPS) is 13.7. The number of para-hydroxylation sites is 1. The first-order valence-corrected chi connectivity index (χ1v) is 17.6. The summed E-state index contributed by atoms with van der Waals surface area (Å²) in [5, 5.41) is 23.5. The Morgan fingerprint density at radius 3 is 2.20 bits per heavy atom. The molecule has 4 N–H and O–H groups in total. The summed E-state index contributed by atoms with van der Waals surface area (Å²) in [6.45, 7) is 3.69. The topological polar surface area (TPSA) is 163 Å². The number of aliphatic carboxylic acids is 1. The molecule has 3 unspecified atom stereocenters. The molecule has 1 heterocycles. The number of esters is 1. The zero-order valence-electron chi connectivity index (χ0n) is 27.4. The Morgan fingerprint density at radius 2 is 1.57 bits per heavy atom. The van der Waals surface area contributed by atoms with E-state index in [-0.39, 0.29) is 35.6 Å². The number of hydrogen-bond acceptors (Lipinski definition) is 8. The van der Waals surface area contributed by atoms with Crippen molar-refractivity contribution in [3.05, 3.63) is 108 Å². The van der Waals surface area contributed by atoms with Crippen molar-refractivity contribution in [1.82, 2.24) is 5.32 Å². The molecule has 1 aromatic heterocycles. The van der Waals surface area contributed by atoms with Gasteiger partial charge in [-0.25, -0.2) is 9.59 Å². The van der Waals surface area contributed by atoms with Gasteiger partial charge in [-0.15, -0.1) is 5.43 Å². The Balaban J connectivity index is 1.64. The number of benzene rings is 3. The molecule has 0 spiro atoms. The van der Waals surface area contributed by atoms with Crippen LogP contribution in [-0.4, -0.2) is 58.2 Å². The summed E-state index contributed by atoms with van der Waals surface area (Å²) in [4.78, 5) is 51.0. The molecule has 0 aliphatic rings. The smallest absolute Gasteiger partial charge is 0.361 e. The molecule has 4 atom stereocenters. The summed E-state index contributed by atoms with van der Waals surface area (Å²) in [5.74, 6) is -4.37. The standard InChI is InChI=1S/C36H38N3O8PS/c1-23(2)21-29(34(42)43)37-33(41)28(19-13-24-9-5-4-6-10-24)36(45,48-46)22-49-31-20-18-25-11-7-8-12-30(25)39(31)38-32(40)26-14-16-27(17-15-26)35(44)47-3/h4-12,14-18,20,23,28-29,45H,13,19,21-22H2,1-3H3,(H2-,37,38,40,41,42,43)/p+2/t28?,29-,36?/m0/s1. The van der Waals surface area contributed by atoms with Crippen molar-refractivity contribution in [2.75, 3.05) is 18.3 Å². The number of carbonyl (C=O) groups is 4. The molecule has 0 aliphatic carbocycles. The number of carboxylic acid groups (broad SMARTS) is 1. The predicted octanol–water partition coefficient (Wildman–Crippen LogP) is 4.97. The second-order valence-corrected chi connectivity index (χ2v) is 14.1. The minimum Gasteiger partial charge on any atom is -0.480 e. The molecule has 4 rings (SSSR count). The summed E-state index contributed by atoms with van der Waals surface area (Å²) in [6.07, 6.45) is 0.660. The molecule has 2 amide bonds. The van der Waals surface area contributed by atoms with E-state index in [1.54, 1.807) is 22.9 Å². The zero-order valence-corrected chi connectivity index (χ0v) is 29.2. The first kappa shape index (κ1) is 37.2. The van der Waals surface area contributed by atoms with Crippen molar-refractivity contribution in [2.45, 2.75) is 49.5 Å². The van der Waals surface area contributed by atoms with Crippen LogP contribution in [0, 0.1) is 11.8 Å². The minimum absolute atomic E-state index is 0.0238. The van der Waals surface area contributed by atoms with Gasteiger partial charge >= 0.3 is 26.3 Å². The molecule has 11 nitrogen and oxygen atoms in total. The van der Waals surface area contributed by atoms with Crippen LogP contribution < -0.4 is 15.4 Å². The van der Waals surface area contributed by atoms with Crippen LogP contribution in [0.2, 0.25) is 0 Å². The van der Waals surface area contributed by atoms with Gasteiger partial charge in [0.25, 0.3) is 10.4 Å². The fraction of sp³-hybridized carbons (Fsp3) is 0.306. The van der Waals surface area contributed by atoms with Gasteiger partial charge in [0.15, 0.2) is 0 Å². The van der Waals surface area contributed by atoms with Gasteiger partial charge in [-0.3, -0.25) is 9.59 Å². The zero-order chi connectivity index (χ0) is 35.6. The summed E-state index contributed by atoms with van der Waals surface area (Å²) in [5.41, 5.74) is 4.98. The number of rotatable bonds is 16. The van der Waals surface area contributed by atoms with Gasteiger partial charge in [0.1, 0.15) is 12.0 Å². The van der Waals surface area contributed by atoms with Gasteiger partial charge in [0, 0.05) is 23.1 Å². The Kier molecular flexibility index (Phi) is 13.0. The molecule has 0 bridgehead atoms. The van der Waals surface area contributed by atoms with Crippen LogP contribution in [0.15, 0.2) is 96.0 Å². The lowest BCUT2D eigenvalue weighted by Crippen LogP contribution is -2.52. The number of thioether (sulfide) groups is 1. The average molecular weight is 706 g/mol. The number of ether oxygens (including phenoxy) is 1. The number of nitrogens with zero attached hydrogens (tertiary/aromatic N) is 1. The first-order valence-electron chi connectivity index (χ1n) is 15.7. The molecule has 49 heavy (non-hydrogen) atoms. The van der Waals surface area contributed by atoms with E-state index in [9.17, 15) is 34.0 Å². The molecule has 4 aromatic rings. The van der Waals surface area contributed by atoms with Gasteiger partial charge in [0.05, 0.1) is 18.4 Å². The number of hydrogen-bond donors (Lipinski definition) is 4. The third kappa shape index (κ3) is 9.72. The summed E-state index contributed by atoms with van der Waals surface area (Å²) < 4.78 is 19.1. The molecule has 3 aromatic carbocycles. The minimum atomic E-state index is -2.05. The molecular formula is C36H40N3O8PS+2. The van der Waals surface area contributed by atoms with E-state index in [1.165, 1.54) is 31.4 Å². The highest BCUT2D eigenvalue weighted by Crippen LogP contribution is 2.38. The Hall–Kier alpha value is -4.64. The van der Waals surface area contributed by atoms with E-state index >= 15 is 0 Å². The third-order valence-electron chi connectivity index (χ3n) is 7.98. The van der Waals surface area contributed by atoms with Crippen molar-refractivity contribution in [1.29, 1.82) is 0 Å². The number of nitrogens with one attached hydrogen (secondary N) is 2. The maximum absolute atomic E-state index is 13.7. The number of fused-ring (bicyclic) bond motifs is 1. The largest absolute Gasteiger partial charge is 0.480 e. The van der Waals surface area contributed by atoms with Crippen LogP contribution in [-0.2, 0) is 25.3 Å². The molecule has 13 heteroatoms. The van der Waals surface area contributed by atoms with Gasteiger partial charge in [-0.1, -0.05) is 65.6 Å². The maximum atomic E-state index is 13.7. The maximum Gasteiger partial charge on any atom is 0.361 e. The fourth-order valence-electron chi connectivity index (χ4n) is 5.35. The molecule has 0 saturated heterocycles. The molecule has 0 radical (unpaired) electrons. The van der Waals surface area contributed by atoms with Crippen molar-refractivity contribution >= 4 is 54.9 Å². The van der Waals surface area contributed by atoms with Crippen LogP contribution in [0.25, 0.3) is 10.9 Å². The Bertz CT molecular complexity index is 1810. The van der Waals surface area contributed by atoms with Gasteiger partial charge in [-0.2, -0.15) is 0 Å². The average Bonchev–Trinajstić information content (AvgIpc) is 3.10. The van der Waals surface area contributed by atoms with E-state index in [0.717, 1.165) is 22.7 Å².